The van der Waals surface area contributed by atoms with Gasteiger partial charge in [0.05, 0.1) is 28.0 Å². The van der Waals surface area contributed by atoms with Crippen LogP contribution < -0.4 is 5.32 Å². The lowest BCUT2D eigenvalue weighted by atomic mass is 10.0. The standard InChI is InChI=1S/C23H21Cl2N5O/c1-13(20-9-16(24)6-7-26-20)30-21-17-8-14(4-5-19(17)27-12-18(21)25)15-10-28-22(29-11-15)23(2,3)31/h4-13,31H,1-3H3,(H,27,30). The summed E-state index contributed by atoms with van der Waals surface area (Å²) in [4.78, 5) is 17.4. The summed E-state index contributed by atoms with van der Waals surface area (Å²) >= 11 is 12.6. The van der Waals surface area contributed by atoms with Gasteiger partial charge in [-0.2, -0.15) is 0 Å². The molecule has 0 bridgehead atoms. The first-order valence-corrected chi connectivity index (χ1v) is 10.5. The Hall–Kier alpha value is -2.80. The molecule has 0 saturated heterocycles. The zero-order chi connectivity index (χ0) is 22.2. The summed E-state index contributed by atoms with van der Waals surface area (Å²) in [5.74, 6) is 0.368. The van der Waals surface area contributed by atoms with Crippen molar-refractivity contribution in [2.45, 2.75) is 32.4 Å². The van der Waals surface area contributed by atoms with E-state index in [1.807, 2.05) is 31.2 Å². The molecule has 1 atom stereocenters. The van der Waals surface area contributed by atoms with Crippen LogP contribution in [-0.4, -0.2) is 25.0 Å². The summed E-state index contributed by atoms with van der Waals surface area (Å²) in [6, 6.07) is 9.32. The average molecular weight is 454 g/mol. The average Bonchev–Trinajstić information content (AvgIpc) is 2.75. The number of aliphatic hydroxyl groups is 1. The van der Waals surface area contributed by atoms with Gasteiger partial charge in [0.2, 0.25) is 0 Å². The van der Waals surface area contributed by atoms with Crippen molar-refractivity contribution in [2.24, 2.45) is 0 Å². The second-order valence-electron chi connectivity index (χ2n) is 7.83. The first-order chi connectivity index (χ1) is 14.7. The van der Waals surface area contributed by atoms with Crippen LogP contribution in [0.3, 0.4) is 0 Å². The lowest BCUT2D eigenvalue weighted by molar-refractivity contribution is 0.0687. The van der Waals surface area contributed by atoms with Gasteiger partial charge in [0.25, 0.3) is 0 Å². The van der Waals surface area contributed by atoms with E-state index in [2.05, 4.69) is 25.3 Å². The van der Waals surface area contributed by atoms with Crippen molar-refractivity contribution in [1.82, 2.24) is 19.9 Å². The molecule has 0 fully saturated rings. The maximum Gasteiger partial charge on any atom is 0.159 e. The Balaban J connectivity index is 1.73. The van der Waals surface area contributed by atoms with Crippen LogP contribution in [0.2, 0.25) is 10.0 Å². The van der Waals surface area contributed by atoms with E-state index in [4.69, 9.17) is 23.2 Å². The molecule has 4 aromatic rings. The fourth-order valence-electron chi connectivity index (χ4n) is 3.24. The molecule has 2 N–H and O–H groups in total. The molecule has 1 unspecified atom stereocenters. The fraction of sp³-hybridized carbons (Fsp3) is 0.217. The number of hydrogen-bond acceptors (Lipinski definition) is 6. The van der Waals surface area contributed by atoms with Gasteiger partial charge in [0.1, 0.15) is 5.60 Å². The van der Waals surface area contributed by atoms with Crippen molar-refractivity contribution >= 4 is 39.8 Å². The molecule has 0 radical (unpaired) electrons. The van der Waals surface area contributed by atoms with Gasteiger partial charge in [-0.1, -0.05) is 29.3 Å². The Morgan fingerprint density at radius 3 is 2.35 bits per heavy atom. The van der Waals surface area contributed by atoms with Crippen LogP contribution >= 0.6 is 23.2 Å². The van der Waals surface area contributed by atoms with Gasteiger partial charge < -0.3 is 10.4 Å². The Morgan fingerprint density at radius 2 is 1.68 bits per heavy atom. The van der Waals surface area contributed by atoms with E-state index in [9.17, 15) is 5.11 Å². The molecule has 0 aliphatic carbocycles. The molecule has 0 amide bonds. The van der Waals surface area contributed by atoms with E-state index in [0.717, 1.165) is 33.4 Å². The molecular formula is C23H21Cl2N5O. The number of pyridine rings is 2. The number of anilines is 1. The number of halogens is 2. The number of nitrogens with zero attached hydrogens (tertiary/aromatic N) is 4. The minimum absolute atomic E-state index is 0.125. The van der Waals surface area contributed by atoms with Gasteiger partial charge in [0, 0.05) is 40.8 Å². The molecule has 4 rings (SSSR count). The maximum absolute atomic E-state index is 10.1. The molecule has 6 nitrogen and oxygen atoms in total. The number of aromatic nitrogens is 4. The van der Waals surface area contributed by atoms with E-state index in [1.165, 1.54) is 0 Å². The highest BCUT2D eigenvalue weighted by atomic mass is 35.5. The van der Waals surface area contributed by atoms with E-state index in [1.54, 1.807) is 44.7 Å². The van der Waals surface area contributed by atoms with Gasteiger partial charge >= 0.3 is 0 Å². The molecule has 3 heterocycles. The van der Waals surface area contributed by atoms with Crippen LogP contribution in [0.15, 0.2) is 55.1 Å². The van der Waals surface area contributed by atoms with Crippen molar-refractivity contribution in [2.75, 3.05) is 5.32 Å². The van der Waals surface area contributed by atoms with E-state index >= 15 is 0 Å². The number of rotatable bonds is 5. The highest BCUT2D eigenvalue weighted by molar-refractivity contribution is 6.34. The van der Waals surface area contributed by atoms with Gasteiger partial charge in [-0.3, -0.25) is 9.97 Å². The summed E-state index contributed by atoms with van der Waals surface area (Å²) in [5, 5.41) is 15.5. The van der Waals surface area contributed by atoms with E-state index < -0.39 is 5.60 Å². The first-order valence-electron chi connectivity index (χ1n) is 9.74. The first kappa shape index (κ1) is 21.4. The van der Waals surface area contributed by atoms with Gasteiger partial charge in [0.15, 0.2) is 5.82 Å². The zero-order valence-corrected chi connectivity index (χ0v) is 18.8. The smallest absolute Gasteiger partial charge is 0.159 e. The summed E-state index contributed by atoms with van der Waals surface area (Å²) in [6.07, 6.45) is 6.71. The molecule has 31 heavy (non-hydrogen) atoms. The Bertz CT molecular complexity index is 1240. The van der Waals surface area contributed by atoms with E-state index in [-0.39, 0.29) is 6.04 Å². The van der Waals surface area contributed by atoms with Crippen LogP contribution in [0.1, 0.15) is 38.3 Å². The highest BCUT2D eigenvalue weighted by Gasteiger charge is 2.19. The number of benzene rings is 1. The van der Waals surface area contributed by atoms with Gasteiger partial charge in [-0.15, -0.1) is 0 Å². The third-order valence-electron chi connectivity index (χ3n) is 4.90. The summed E-state index contributed by atoms with van der Waals surface area (Å²) in [5.41, 5.74) is 3.01. The minimum atomic E-state index is -1.10. The topological polar surface area (TPSA) is 83.8 Å². The molecule has 0 aliphatic rings. The summed E-state index contributed by atoms with van der Waals surface area (Å²) in [7, 11) is 0. The van der Waals surface area contributed by atoms with Crippen LogP contribution in [0.4, 0.5) is 5.69 Å². The van der Waals surface area contributed by atoms with Crippen LogP contribution in [-0.2, 0) is 5.60 Å². The number of hydrogen-bond donors (Lipinski definition) is 2. The largest absolute Gasteiger partial charge is 0.382 e. The molecule has 0 saturated carbocycles. The third kappa shape index (κ3) is 4.61. The molecule has 3 aromatic heterocycles. The van der Waals surface area contributed by atoms with E-state index in [0.29, 0.717) is 15.9 Å². The molecular weight excluding hydrogens is 433 g/mol. The quantitative estimate of drug-likeness (QED) is 0.397. The van der Waals surface area contributed by atoms with Gasteiger partial charge in [-0.05, 0) is 50.6 Å². The maximum atomic E-state index is 10.1. The van der Waals surface area contributed by atoms with Crippen LogP contribution in [0.5, 0.6) is 0 Å². The molecule has 0 aliphatic heterocycles. The Kier molecular flexibility index (Phi) is 5.79. The van der Waals surface area contributed by atoms with Gasteiger partial charge in [-0.25, -0.2) is 9.97 Å². The van der Waals surface area contributed by atoms with Crippen molar-refractivity contribution < 1.29 is 5.11 Å². The summed E-state index contributed by atoms with van der Waals surface area (Å²) in [6.45, 7) is 5.30. The molecule has 8 heteroatoms. The normalized spacial score (nSPS) is 12.7. The second-order valence-corrected chi connectivity index (χ2v) is 8.68. The third-order valence-corrected chi connectivity index (χ3v) is 5.42. The van der Waals surface area contributed by atoms with Crippen molar-refractivity contribution in [1.29, 1.82) is 0 Å². The predicted molar refractivity (Wildman–Crippen MR) is 124 cm³/mol. The van der Waals surface area contributed by atoms with Crippen molar-refractivity contribution in [3.8, 4) is 11.1 Å². The van der Waals surface area contributed by atoms with Crippen LogP contribution in [0, 0.1) is 0 Å². The minimum Gasteiger partial charge on any atom is -0.382 e. The zero-order valence-electron chi connectivity index (χ0n) is 17.3. The summed E-state index contributed by atoms with van der Waals surface area (Å²) < 4.78 is 0. The lowest BCUT2D eigenvalue weighted by Gasteiger charge is -2.18. The predicted octanol–water partition coefficient (Wildman–Crippen LogP) is 5.79. The fourth-order valence-corrected chi connectivity index (χ4v) is 3.61. The lowest BCUT2D eigenvalue weighted by Crippen LogP contribution is -2.19. The van der Waals surface area contributed by atoms with Crippen LogP contribution in [0.25, 0.3) is 22.0 Å². The molecule has 0 spiro atoms. The number of nitrogens with one attached hydrogen (secondary N) is 1. The monoisotopic (exact) mass is 453 g/mol. The van der Waals surface area contributed by atoms with Crippen molar-refractivity contribution in [3.63, 3.8) is 0 Å². The Labute approximate surface area is 190 Å². The second kappa shape index (κ2) is 8.38. The number of fused-ring (bicyclic) bond motifs is 1. The van der Waals surface area contributed by atoms with Crippen molar-refractivity contribution in [3.05, 3.63) is 76.7 Å². The molecule has 1 aromatic carbocycles. The SMILES string of the molecule is CC(Nc1c(Cl)cnc2ccc(-c3cnc(C(C)(C)O)nc3)cc12)c1cc(Cl)ccn1. The highest BCUT2D eigenvalue weighted by Crippen LogP contribution is 2.35. The Morgan fingerprint density at radius 1 is 0.935 bits per heavy atom. The molecule has 158 valence electrons.